The number of hydrogen-bond acceptors (Lipinski definition) is 3. The molecule has 0 saturated carbocycles. The SMILES string of the molecule is Cc1ccc([C@H](NO)C(F)(F)F)o1. The molecular weight excluding hydrogens is 187 g/mol. The number of furan rings is 1. The second kappa shape index (κ2) is 3.39. The number of nitrogens with one attached hydrogen (secondary N) is 1. The van der Waals surface area contributed by atoms with Crippen molar-refractivity contribution in [1.29, 1.82) is 0 Å². The van der Waals surface area contributed by atoms with Crippen molar-refractivity contribution < 1.29 is 22.8 Å². The Hall–Kier alpha value is -1.01. The van der Waals surface area contributed by atoms with Crippen LogP contribution in [0.3, 0.4) is 0 Å². The van der Waals surface area contributed by atoms with Crippen molar-refractivity contribution in [3.63, 3.8) is 0 Å². The Bertz CT molecular complexity index is 282. The molecule has 0 fully saturated rings. The molecule has 0 aromatic carbocycles. The molecule has 0 amide bonds. The highest BCUT2D eigenvalue weighted by atomic mass is 19.4. The van der Waals surface area contributed by atoms with Gasteiger partial charge in [-0.15, -0.1) is 0 Å². The third-order valence-electron chi connectivity index (χ3n) is 1.50. The summed E-state index contributed by atoms with van der Waals surface area (Å²) in [7, 11) is 0. The molecule has 74 valence electrons. The maximum Gasteiger partial charge on any atom is 0.413 e. The number of rotatable bonds is 2. The zero-order chi connectivity index (χ0) is 10.1. The van der Waals surface area contributed by atoms with Gasteiger partial charge in [0, 0.05) is 0 Å². The Labute approximate surface area is 72.1 Å². The van der Waals surface area contributed by atoms with Crippen LogP contribution in [-0.2, 0) is 0 Å². The van der Waals surface area contributed by atoms with Crippen molar-refractivity contribution in [2.24, 2.45) is 0 Å². The summed E-state index contributed by atoms with van der Waals surface area (Å²) >= 11 is 0. The Morgan fingerprint density at radius 3 is 2.38 bits per heavy atom. The molecule has 6 heteroatoms. The van der Waals surface area contributed by atoms with E-state index in [0.717, 1.165) is 11.5 Å². The number of aryl methyl sites for hydroxylation is 1. The average Bonchev–Trinajstić information content (AvgIpc) is 2.34. The minimum absolute atomic E-state index is 0.354. The van der Waals surface area contributed by atoms with Crippen molar-refractivity contribution in [3.8, 4) is 0 Å². The van der Waals surface area contributed by atoms with Gasteiger partial charge in [0.15, 0.2) is 6.04 Å². The van der Waals surface area contributed by atoms with E-state index in [1.807, 2.05) is 0 Å². The summed E-state index contributed by atoms with van der Waals surface area (Å²) in [5.74, 6) is 0.00648. The van der Waals surface area contributed by atoms with Crippen molar-refractivity contribution in [3.05, 3.63) is 23.7 Å². The van der Waals surface area contributed by atoms with E-state index >= 15 is 0 Å². The molecular formula is C7H8F3NO2. The molecule has 1 aromatic heterocycles. The van der Waals surface area contributed by atoms with Crippen molar-refractivity contribution in [2.75, 3.05) is 0 Å². The standard InChI is InChI=1S/C7H8F3NO2/c1-4-2-3-5(13-4)6(11-12)7(8,9)10/h2-3,6,11-12H,1H3/t6-/m0/s1. The zero-order valence-corrected chi connectivity index (χ0v) is 6.72. The topological polar surface area (TPSA) is 45.4 Å². The summed E-state index contributed by atoms with van der Waals surface area (Å²) < 4.78 is 41.1. The predicted octanol–water partition coefficient (Wildman–Crippen LogP) is 2.17. The largest absolute Gasteiger partial charge is 0.464 e. The molecule has 0 spiro atoms. The van der Waals surface area contributed by atoms with Gasteiger partial charge in [-0.25, -0.2) is 0 Å². The van der Waals surface area contributed by atoms with Crippen LogP contribution in [0.2, 0.25) is 0 Å². The van der Waals surface area contributed by atoms with E-state index in [9.17, 15) is 13.2 Å². The second-order valence-electron chi connectivity index (χ2n) is 2.55. The Morgan fingerprint density at radius 1 is 1.46 bits per heavy atom. The highest BCUT2D eigenvalue weighted by molar-refractivity contribution is 5.10. The van der Waals surface area contributed by atoms with E-state index < -0.39 is 12.2 Å². The smallest absolute Gasteiger partial charge is 0.413 e. The predicted molar refractivity (Wildman–Crippen MR) is 37.2 cm³/mol. The third-order valence-corrected chi connectivity index (χ3v) is 1.50. The van der Waals surface area contributed by atoms with Crippen LogP contribution in [0.5, 0.6) is 0 Å². The molecule has 1 atom stereocenters. The molecule has 0 aliphatic carbocycles. The van der Waals surface area contributed by atoms with Gasteiger partial charge in [0.25, 0.3) is 0 Å². The molecule has 13 heavy (non-hydrogen) atoms. The normalized spacial score (nSPS) is 14.5. The summed E-state index contributed by atoms with van der Waals surface area (Å²) in [6.45, 7) is 1.52. The van der Waals surface area contributed by atoms with E-state index in [0.29, 0.717) is 5.76 Å². The van der Waals surface area contributed by atoms with Gasteiger partial charge >= 0.3 is 6.18 Å². The van der Waals surface area contributed by atoms with Crippen LogP contribution in [-0.4, -0.2) is 11.4 Å². The summed E-state index contributed by atoms with van der Waals surface area (Å²) in [5, 5.41) is 8.29. The van der Waals surface area contributed by atoms with Gasteiger partial charge in [-0.3, -0.25) is 0 Å². The summed E-state index contributed by atoms with van der Waals surface area (Å²) in [6.07, 6.45) is -4.57. The summed E-state index contributed by atoms with van der Waals surface area (Å²) in [4.78, 5) is 0. The van der Waals surface area contributed by atoms with Crippen molar-refractivity contribution >= 4 is 0 Å². The minimum Gasteiger partial charge on any atom is -0.464 e. The third kappa shape index (κ3) is 2.22. The van der Waals surface area contributed by atoms with Crippen LogP contribution in [0.4, 0.5) is 13.2 Å². The maximum absolute atomic E-state index is 12.1. The van der Waals surface area contributed by atoms with Crippen molar-refractivity contribution in [2.45, 2.75) is 19.1 Å². The molecule has 0 aliphatic rings. The van der Waals surface area contributed by atoms with E-state index in [4.69, 9.17) is 9.62 Å². The first-order valence-electron chi connectivity index (χ1n) is 3.48. The molecule has 0 bridgehead atoms. The molecule has 1 rings (SSSR count). The van der Waals surface area contributed by atoms with E-state index in [2.05, 4.69) is 0 Å². The van der Waals surface area contributed by atoms with Gasteiger partial charge in [-0.05, 0) is 19.1 Å². The molecule has 2 N–H and O–H groups in total. The van der Waals surface area contributed by atoms with Gasteiger partial charge in [0.1, 0.15) is 11.5 Å². The lowest BCUT2D eigenvalue weighted by Crippen LogP contribution is -2.31. The highest BCUT2D eigenvalue weighted by Crippen LogP contribution is 2.32. The number of alkyl halides is 3. The van der Waals surface area contributed by atoms with Crippen LogP contribution >= 0.6 is 0 Å². The molecule has 0 unspecified atom stereocenters. The first-order chi connectivity index (χ1) is 5.95. The number of hydrogen-bond donors (Lipinski definition) is 2. The lowest BCUT2D eigenvalue weighted by molar-refractivity contribution is -0.182. The fourth-order valence-electron chi connectivity index (χ4n) is 0.907. The summed E-state index contributed by atoms with van der Waals surface area (Å²) in [5.41, 5.74) is 1.15. The van der Waals surface area contributed by atoms with Gasteiger partial charge < -0.3 is 9.62 Å². The van der Waals surface area contributed by atoms with Crippen molar-refractivity contribution in [1.82, 2.24) is 5.48 Å². The first-order valence-corrected chi connectivity index (χ1v) is 3.48. The highest BCUT2D eigenvalue weighted by Gasteiger charge is 2.42. The molecule has 0 aliphatic heterocycles. The van der Waals surface area contributed by atoms with Gasteiger partial charge in [-0.2, -0.15) is 18.7 Å². The Kier molecular flexibility index (Phi) is 2.63. The fourth-order valence-corrected chi connectivity index (χ4v) is 0.907. The van der Waals surface area contributed by atoms with E-state index in [1.54, 1.807) is 0 Å². The van der Waals surface area contributed by atoms with E-state index in [1.165, 1.54) is 13.0 Å². The molecule has 1 heterocycles. The lowest BCUT2D eigenvalue weighted by atomic mass is 10.2. The Balaban J connectivity index is 2.91. The summed E-state index contributed by atoms with van der Waals surface area (Å²) in [6, 6.07) is 0.392. The Morgan fingerprint density at radius 2 is 2.08 bits per heavy atom. The molecule has 0 saturated heterocycles. The van der Waals surface area contributed by atoms with Crippen LogP contribution in [0.1, 0.15) is 17.6 Å². The first kappa shape index (κ1) is 10.1. The second-order valence-corrected chi connectivity index (χ2v) is 2.55. The molecule has 0 radical (unpaired) electrons. The zero-order valence-electron chi connectivity index (χ0n) is 6.72. The quantitative estimate of drug-likeness (QED) is 0.711. The lowest BCUT2D eigenvalue weighted by Gasteiger charge is -2.15. The fraction of sp³-hybridized carbons (Fsp3) is 0.429. The molecule has 3 nitrogen and oxygen atoms in total. The monoisotopic (exact) mass is 195 g/mol. The van der Waals surface area contributed by atoms with Gasteiger partial charge in [-0.1, -0.05) is 0 Å². The van der Waals surface area contributed by atoms with E-state index in [-0.39, 0.29) is 5.76 Å². The minimum atomic E-state index is -4.57. The van der Waals surface area contributed by atoms with Gasteiger partial charge in [0.2, 0.25) is 0 Å². The van der Waals surface area contributed by atoms with Crippen LogP contribution < -0.4 is 5.48 Å². The average molecular weight is 195 g/mol. The van der Waals surface area contributed by atoms with Crippen LogP contribution in [0.15, 0.2) is 16.5 Å². The molecule has 1 aromatic rings. The number of halogens is 3. The van der Waals surface area contributed by atoms with Crippen LogP contribution in [0, 0.1) is 6.92 Å². The maximum atomic E-state index is 12.1. The number of hydroxylamine groups is 1. The van der Waals surface area contributed by atoms with Gasteiger partial charge in [0.05, 0.1) is 0 Å². The van der Waals surface area contributed by atoms with Crippen LogP contribution in [0.25, 0.3) is 0 Å².